The van der Waals surface area contributed by atoms with Gasteiger partial charge in [0.25, 0.3) is 0 Å². The largest absolute Gasteiger partial charge is 0.394 e. The van der Waals surface area contributed by atoms with Crippen LogP contribution in [0.25, 0.3) is 0 Å². The van der Waals surface area contributed by atoms with Crippen LogP contribution in [0.3, 0.4) is 0 Å². The second-order valence-electron chi connectivity index (χ2n) is 3.00. The van der Waals surface area contributed by atoms with E-state index in [0.717, 1.165) is 0 Å². The molecule has 0 fully saturated rings. The second kappa shape index (κ2) is 7.03. The van der Waals surface area contributed by atoms with Gasteiger partial charge in [-0.2, -0.15) is 13.2 Å². The summed E-state index contributed by atoms with van der Waals surface area (Å²) in [5.74, 6) is 0. The van der Waals surface area contributed by atoms with E-state index >= 15 is 0 Å². The van der Waals surface area contributed by atoms with Crippen molar-refractivity contribution in [2.75, 3.05) is 40.0 Å². The maximum absolute atomic E-state index is 11.8. The number of hydrogen-bond donors (Lipinski definition) is 1. The average molecular weight is 215 g/mol. The summed E-state index contributed by atoms with van der Waals surface area (Å²) in [5, 5.41) is 8.35. The Morgan fingerprint density at radius 1 is 1.21 bits per heavy atom. The number of rotatable bonds is 7. The molecule has 0 aliphatic rings. The molecular weight excluding hydrogens is 199 g/mol. The van der Waals surface area contributed by atoms with E-state index in [1.165, 1.54) is 0 Å². The van der Waals surface area contributed by atoms with Crippen molar-refractivity contribution in [2.45, 2.75) is 12.6 Å². The van der Waals surface area contributed by atoms with Crippen LogP contribution in [0.2, 0.25) is 0 Å². The first-order valence-electron chi connectivity index (χ1n) is 4.39. The van der Waals surface area contributed by atoms with Crippen molar-refractivity contribution >= 4 is 0 Å². The van der Waals surface area contributed by atoms with Gasteiger partial charge >= 0.3 is 6.18 Å². The molecule has 0 rings (SSSR count). The Balaban J connectivity index is 3.32. The van der Waals surface area contributed by atoms with Gasteiger partial charge in [0.2, 0.25) is 0 Å². The van der Waals surface area contributed by atoms with E-state index < -0.39 is 12.6 Å². The van der Waals surface area contributed by atoms with E-state index in [4.69, 9.17) is 9.84 Å². The van der Waals surface area contributed by atoms with E-state index in [0.29, 0.717) is 13.2 Å². The first-order chi connectivity index (χ1) is 6.45. The molecule has 14 heavy (non-hydrogen) atoms. The fourth-order valence-corrected chi connectivity index (χ4v) is 0.816. The topological polar surface area (TPSA) is 32.7 Å². The van der Waals surface area contributed by atoms with Crippen LogP contribution in [-0.2, 0) is 4.74 Å². The van der Waals surface area contributed by atoms with Crippen molar-refractivity contribution in [3.8, 4) is 0 Å². The Hall–Kier alpha value is -0.330. The van der Waals surface area contributed by atoms with Crippen molar-refractivity contribution in [1.29, 1.82) is 0 Å². The van der Waals surface area contributed by atoms with Crippen LogP contribution in [0.4, 0.5) is 13.2 Å². The zero-order chi connectivity index (χ0) is 11.0. The van der Waals surface area contributed by atoms with Crippen LogP contribution in [0.5, 0.6) is 0 Å². The molecule has 6 heteroatoms. The lowest BCUT2D eigenvalue weighted by Gasteiger charge is -2.17. The van der Waals surface area contributed by atoms with Gasteiger partial charge in [-0.15, -0.1) is 0 Å². The third-order valence-corrected chi connectivity index (χ3v) is 1.63. The third-order valence-electron chi connectivity index (χ3n) is 1.63. The van der Waals surface area contributed by atoms with Gasteiger partial charge in [0.1, 0.15) is 0 Å². The SMILES string of the molecule is CN(CCOCCO)CCC(F)(F)F. The number of ether oxygens (including phenoxy) is 1. The maximum Gasteiger partial charge on any atom is 0.390 e. The normalized spacial score (nSPS) is 12.4. The highest BCUT2D eigenvalue weighted by atomic mass is 19.4. The average Bonchev–Trinajstić information content (AvgIpc) is 2.08. The summed E-state index contributed by atoms with van der Waals surface area (Å²) in [7, 11) is 1.61. The lowest BCUT2D eigenvalue weighted by atomic mass is 10.4. The summed E-state index contributed by atoms with van der Waals surface area (Å²) >= 11 is 0. The molecule has 0 aromatic carbocycles. The van der Waals surface area contributed by atoms with Crippen molar-refractivity contribution in [1.82, 2.24) is 4.90 Å². The summed E-state index contributed by atoms with van der Waals surface area (Å²) in [6, 6.07) is 0. The molecule has 0 radical (unpaired) electrons. The Labute approximate surface area is 81.5 Å². The molecule has 0 aromatic heterocycles. The lowest BCUT2D eigenvalue weighted by molar-refractivity contribution is -0.137. The standard InChI is InChI=1S/C8H16F3NO2/c1-12(3-2-8(9,10)11)4-6-14-7-5-13/h13H,2-7H2,1H3. The van der Waals surface area contributed by atoms with Gasteiger partial charge < -0.3 is 14.7 Å². The Morgan fingerprint density at radius 3 is 2.36 bits per heavy atom. The monoisotopic (exact) mass is 215 g/mol. The molecule has 3 nitrogen and oxygen atoms in total. The smallest absolute Gasteiger partial charge is 0.390 e. The summed E-state index contributed by atoms with van der Waals surface area (Å²) in [4.78, 5) is 1.55. The first-order valence-corrected chi connectivity index (χ1v) is 4.39. The number of alkyl halides is 3. The number of aliphatic hydroxyl groups is 1. The van der Waals surface area contributed by atoms with E-state index in [1.54, 1.807) is 11.9 Å². The molecule has 0 saturated carbocycles. The van der Waals surface area contributed by atoms with Crippen molar-refractivity contribution in [3.63, 3.8) is 0 Å². The van der Waals surface area contributed by atoms with Crippen LogP contribution in [0.15, 0.2) is 0 Å². The predicted octanol–water partition coefficient (Wildman–Crippen LogP) is 0.879. The molecule has 86 valence electrons. The number of aliphatic hydroxyl groups excluding tert-OH is 1. The molecule has 0 aromatic rings. The van der Waals surface area contributed by atoms with Crippen LogP contribution < -0.4 is 0 Å². The van der Waals surface area contributed by atoms with Gasteiger partial charge in [0.15, 0.2) is 0 Å². The fraction of sp³-hybridized carbons (Fsp3) is 1.00. The molecular formula is C8H16F3NO2. The van der Waals surface area contributed by atoms with Gasteiger partial charge in [-0.05, 0) is 7.05 Å². The molecule has 0 spiro atoms. The van der Waals surface area contributed by atoms with Gasteiger partial charge in [-0.1, -0.05) is 0 Å². The van der Waals surface area contributed by atoms with Crippen LogP contribution in [0, 0.1) is 0 Å². The van der Waals surface area contributed by atoms with Crippen molar-refractivity contribution in [2.24, 2.45) is 0 Å². The van der Waals surface area contributed by atoms with Gasteiger partial charge in [-0.3, -0.25) is 0 Å². The van der Waals surface area contributed by atoms with Crippen molar-refractivity contribution < 1.29 is 23.0 Å². The Bertz CT molecular complexity index is 141. The van der Waals surface area contributed by atoms with Crippen LogP contribution >= 0.6 is 0 Å². The number of likely N-dealkylation sites (N-methyl/N-ethyl adjacent to an activating group) is 1. The lowest BCUT2D eigenvalue weighted by Crippen LogP contribution is -2.28. The highest BCUT2D eigenvalue weighted by molar-refractivity contribution is 4.56. The minimum Gasteiger partial charge on any atom is -0.394 e. The highest BCUT2D eigenvalue weighted by Gasteiger charge is 2.26. The van der Waals surface area contributed by atoms with E-state index in [2.05, 4.69) is 0 Å². The van der Waals surface area contributed by atoms with Crippen molar-refractivity contribution in [3.05, 3.63) is 0 Å². The maximum atomic E-state index is 11.8. The van der Waals surface area contributed by atoms with E-state index in [9.17, 15) is 13.2 Å². The first kappa shape index (κ1) is 13.7. The summed E-state index contributed by atoms with van der Waals surface area (Å²) in [6.07, 6.45) is -4.90. The van der Waals surface area contributed by atoms with Gasteiger partial charge in [-0.25, -0.2) is 0 Å². The zero-order valence-electron chi connectivity index (χ0n) is 8.18. The zero-order valence-corrected chi connectivity index (χ0v) is 8.18. The summed E-state index contributed by atoms with van der Waals surface area (Å²) < 4.78 is 40.2. The number of nitrogens with zero attached hydrogens (tertiary/aromatic N) is 1. The molecule has 0 heterocycles. The fourth-order valence-electron chi connectivity index (χ4n) is 0.816. The van der Waals surface area contributed by atoms with Gasteiger partial charge in [0.05, 0.1) is 26.2 Å². The quantitative estimate of drug-likeness (QED) is 0.640. The van der Waals surface area contributed by atoms with Crippen LogP contribution in [-0.4, -0.2) is 56.1 Å². The third kappa shape index (κ3) is 9.76. The molecule has 0 atom stereocenters. The predicted molar refractivity (Wildman–Crippen MR) is 46.1 cm³/mol. The highest BCUT2D eigenvalue weighted by Crippen LogP contribution is 2.19. The second-order valence-corrected chi connectivity index (χ2v) is 3.00. The molecule has 0 aliphatic carbocycles. The summed E-state index contributed by atoms with van der Waals surface area (Å²) in [6.45, 7) is 0.927. The molecule has 0 aliphatic heterocycles. The van der Waals surface area contributed by atoms with E-state index in [-0.39, 0.29) is 19.8 Å². The molecule has 0 saturated heterocycles. The molecule has 0 amide bonds. The van der Waals surface area contributed by atoms with Crippen LogP contribution in [0.1, 0.15) is 6.42 Å². The molecule has 1 N–H and O–H groups in total. The van der Waals surface area contributed by atoms with Gasteiger partial charge in [0, 0.05) is 13.1 Å². The van der Waals surface area contributed by atoms with E-state index in [1.807, 2.05) is 0 Å². The number of halogens is 3. The minimum atomic E-state index is -4.10. The molecule has 0 unspecified atom stereocenters. The Morgan fingerprint density at radius 2 is 1.86 bits per heavy atom. The number of hydrogen-bond acceptors (Lipinski definition) is 3. The summed E-state index contributed by atoms with van der Waals surface area (Å²) in [5.41, 5.74) is 0. The molecule has 0 bridgehead atoms. The Kier molecular flexibility index (Phi) is 6.86. The minimum absolute atomic E-state index is 0.0218.